The highest BCUT2D eigenvalue weighted by Crippen LogP contribution is 2.20. The van der Waals surface area contributed by atoms with Crippen molar-refractivity contribution in [1.82, 2.24) is 4.72 Å². The highest BCUT2D eigenvalue weighted by atomic mass is 32.2. The molecule has 1 unspecified atom stereocenters. The number of benzene rings is 1. The molecule has 1 rings (SSSR count). The van der Waals surface area contributed by atoms with Gasteiger partial charge in [0.05, 0.1) is 24.2 Å². The molecule has 0 aliphatic carbocycles. The predicted molar refractivity (Wildman–Crippen MR) is 73.9 cm³/mol. The molecule has 8 heteroatoms. The van der Waals surface area contributed by atoms with E-state index >= 15 is 0 Å². The molecule has 0 radical (unpaired) electrons. The first-order valence-electron chi connectivity index (χ1n) is 5.81. The molecular formula is C12H18N2O5S. The Labute approximate surface area is 118 Å². The Morgan fingerprint density at radius 1 is 1.40 bits per heavy atom. The quantitative estimate of drug-likeness (QED) is 0.580. The van der Waals surface area contributed by atoms with E-state index in [9.17, 15) is 13.2 Å². The maximum atomic E-state index is 12.3. The number of rotatable bonds is 6. The zero-order chi connectivity index (χ0) is 15.3. The van der Waals surface area contributed by atoms with Gasteiger partial charge in [-0.2, -0.15) is 0 Å². The highest BCUT2D eigenvalue weighted by molar-refractivity contribution is 7.89. The van der Waals surface area contributed by atoms with E-state index in [2.05, 4.69) is 9.46 Å². The molecule has 1 atom stereocenters. The molecule has 0 saturated carbocycles. The molecule has 0 saturated heterocycles. The molecule has 0 heterocycles. The maximum Gasteiger partial charge on any atom is 0.339 e. The maximum absolute atomic E-state index is 12.3. The lowest BCUT2D eigenvalue weighted by Crippen LogP contribution is -2.36. The van der Waals surface area contributed by atoms with Gasteiger partial charge in [-0.05, 0) is 25.1 Å². The Morgan fingerprint density at radius 2 is 2.05 bits per heavy atom. The van der Waals surface area contributed by atoms with Crippen molar-refractivity contribution in [3.8, 4) is 0 Å². The van der Waals surface area contributed by atoms with Gasteiger partial charge in [-0.1, -0.05) is 0 Å². The van der Waals surface area contributed by atoms with E-state index in [0.29, 0.717) is 0 Å². The number of ether oxygens (including phenoxy) is 2. The first-order valence-corrected chi connectivity index (χ1v) is 7.29. The minimum atomic E-state index is -3.87. The number of nitrogens with one attached hydrogen (secondary N) is 1. The molecule has 0 aliphatic rings. The number of carbonyl (C=O) groups is 1. The fourth-order valence-electron chi connectivity index (χ4n) is 1.66. The first-order chi connectivity index (χ1) is 9.31. The number of carbonyl (C=O) groups excluding carboxylic acids is 1. The van der Waals surface area contributed by atoms with Crippen LogP contribution in [0, 0.1) is 0 Å². The number of nitrogens with two attached hydrogens (primary N) is 1. The second kappa shape index (κ2) is 6.69. The summed E-state index contributed by atoms with van der Waals surface area (Å²) in [5, 5.41) is 0. The van der Waals surface area contributed by atoms with Crippen molar-refractivity contribution < 1.29 is 22.7 Å². The molecule has 0 spiro atoms. The largest absolute Gasteiger partial charge is 0.465 e. The average Bonchev–Trinajstić information content (AvgIpc) is 2.36. The summed E-state index contributed by atoms with van der Waals surface area (Å²) in [4.78, 5) is 11.5. The lowest BCUT2D eigenvalue weighted by Gasteiger charge is -2.15. The summed E-state index contributed by atoms with van der Waals surface area (Å²) in [6.45, 7) is 1.86. The molecular weight excluding hydrogens is 284 g/mol. The summed E-state index contributed by atoms with van der Waals surface area (Å²) < 4.78 is 36.4. The number of hydrogen-bond acceptors (Lipinski definition) is 6. The van der Waals surface area contributed by atoms with Crippen molar-refractivity contribution in [3.05, 3.63) is 23.8 Å². The second-order valence-electron chi connectivity index (χ2n) is 4.22. The first kappa shape index (κ1) is 16.4. The molecule has 112 valence electrons. The number of esters is 1. The van der Waals surface area contributed by atoms with Gasteiger partial charge in [0.1, 0.15) is 0 Å². The van der Waals surface area contributed by atoms with Crippen LogP contribution in [0.1, 0.15) is 17.3 Å². The Morgan fingerprint density at radius 3 is 2.60 bits per heavy atom. The van der Waals surface area contributed by atoms with Crippen molar-refractivity contribution >= 4 is 21.7 Å². The smallest absolute Gasteiger partial charge is 0.339 e. The van der Waals surface area contributed by atoms with Gasteiger partial charge in [-0.15, -0.1) is 0 Å². The number of sulfonamides is 1. The van der Waals surface area contributed by atoms with Crippen LogP contribution in [0.3, 0.4) is 0 Å². The van der Waals surface area contributed by atoms with Crippen LogP contribution in [0.2, 0.25) is 0 Å². The van der Waals surface area contributed by atoms with E-state index in [-0.39, 0.29) is 22.8 Å². The summed E-state index contributed by atoms with van der Waals surface area (Å²) in [5.41, 5.74) is 5.73. The zero-order valence-corrected chi connectivity index (χ0v) is 12.4. The van der Waals surface area contributed by atoms with Gasteiger partial charge >= 0.3 is 5.97 Å². The van der Waals surface area contributed by atoms with E-state index in [1.54, 1.807) is 6.92 Å². The third-order valence-electron chi connectivity index (χ3n) is 2.47. The average molecular weight is 302 g/mol. The topological polar surface area (TPSA) is 108 Å². The highest BCUT2D eigenvalue weighted by Gasteiger charge is 2.24. The Bertz CT molecular complexity index is 586. The van der Waals surface area contributed by atoms with Gasteiger partial charge < -0.3 is 15.2 Å². The van der Waals surface area contributed by atoms with Crippen LogP contribution < -0.4 is 10.5 Å². The van der Waals surface area contributed by atoms with E-state index < -0.39 is 22.0 Å². The fraction of sp³-hybridized carbons (Fsp3) is 0.417. The summed E-state index contributed by atoms with van der Waals surface area (Å²) in [6, 6.07) is 3.50. The van der Waals surface area contributed by atoms with Crippen molar-refractivity contribution in [3.63, 3.8) is 0 Å². The molecule has 20 heavy (non-hydrogen) atoms. The Kier molecular flexibility index (Phi) is 5.49. The van der Waals surface area contributed by atoms with Crippen molar-refractivity contribution in [2.75, 3.05) is 26.6 Å². The third-order valence-corrected chi connectivity index (χ3v) is 4.12. The van der Waals surface area contributed by atoms with Crippen molar-refractivity contribution in [1.29, 1.82) is 0 Å². The zero-order valence-electron chi connectivity index (χ0n) is 11.5. The summed E-state index contributed by atoms with van der Waals surface area (Å²) in [5.74, 6) is -0.767. The van der Waals surface area contributed by atoms with E-state index in [1.165, 1.54) is 32.4 Å². The second-order valence-corrected chi connectivity index (χ2v) is 5.91. The summed E-state index contributed by atoms with van der Waals surface area (Å²) in [6.07, 6.45) is 0. The van der Waals surface area contributed by atoms with Crippen LogP contribution >= 0.6 is 0 Å². The molecule has 0 amide bonds. The van der Waals surface area contributed by atoms with Crippen LogP contribution in [-0.2, 0) is 19.5 Å². The van der Waals surface area contributed by atoms with Gasteiger partial charge in [-0.25, -0.2) is 17.9 Å². The molecule has 3 N–H and O–H groups in total. The van der Waals surface area contributed by atoms with Gasteiger partial charge in [0.25, 0.3) is 0 Å². The van der Waals surface area contributed by atoms with Gasteiger partial charge in [0, 0.05) is 18.8 Å². The normalized spacial score (nSPS) is 12.9. The number of nitrogen functional groups attached to an aromatic ring is 1. The van der Waals surface area contributed by atoms with Crippen molar-refractivity contribution in [2.45, 2.75) is 17.9 Å². The molecule has 1 aromatic rings. The number of hydrogen-bond donors (Lipinski definition) is 2. The molecule has 0 bridgehead atoms. The van der Waals surface area contributed by atoms with Crippen LogP contribution in [0.15, 0.2) is 23.1 Å². The van der Waals surface area contributed by atoms with Gasteiger partial charge in [-0.3, -0.25) is 0 Å². The lowest BCUT2D eigenvalue weighted by molar-refractivity contribution is 0.0596. The predicted octanol–water partition coefficient (Wildman–Crippen LogP) is 0.369. The summed E-state index contributed by atoms with van der Waals surface area (Å²) in [7, 11) is -1.23. The van der Waals surface area contributed by atoms with Crippen molar-refractivity contribution in [2.24, 2.45) is 0 Å². The lowest BCUT2D eigenvalue weighted by atomic mass is 10.2. The molecule has 7 nitrogen and oxygen atoms in total. The van der Waals surface area contributed by atoms with Gasteiger partial charge in [0.2, 0.25) is 10.0 Å². The van der Waals surface area contributed by atoms with E-state index in [1.807, 2.05) is 0 Å². The summed E-state index contributed by atoms with van der Waals surface area (Å²) >= 11 is 0. The number of methoxy groups -OCH3 is 2. The Balaban J connectivity index is 3.21. The van der Waals surface area contributed by atoms with Crippen LogP contribution in [0.4, 0.5) is 5.69 Å². The van der Waals surface area contributed by atoms with Crippen LogP contribution in [0.25, 0.3) is 0 Å². The standard InChI is InChI=1S/C12H18N2O5S/c1-8(7-18-2)14-20(16,17)11-5-4-9(13)6-10(11)12(15)19-3/h4-6,8,14H,7,13H2,1-3H3. The molecule has 0 aliphatic heterocycles. The van der Waals surface area contributed by atoms with Crippen LogP contribution in [0.5, 0.6) is 0 Å². The van der Waals surface area contributed by atoms with Gasteiger partial charge in [0.15, 0.2) is 0 Å². The van der Waals surface area contributed by atoms with E-state index in [4.69, 9.17) is 10.5 Å². The SMILES string of the molecule is COCC(C)NS(=O)(=O)c1ccc(N)cc1C(=O)OC. The fourth-order valence-corrected chi connectivity index (χ4v) is 3.07. The Hall–Kier alpha value is -1.64. The number of anilines is 1. The van der Waals surface area contributed by atoms with Crippen LogP contribution in [-0.4, -0.2) is 41.3 Å². The minimum Gasteiger partial charge on any atom is -0.465 e. The van der Waals surface area contributed by atoms with E-state index in [0.717, 1.165) is 0 Å². The minimum absolute atomic E-state index is 0.107. The molecule has 0 aromatic heterocycles. The molecule has 1 aromatic carbocycles. The monoisotopic (exact) mass is 302 g/mol. The third kappa shape index (κ3) is 3.92. The molecule has 0 fully saturated rings.